The molecule has 2 heteroatoms. The molecule has 2 nitrogen and oxygen atoms in total. The molecule has 12 heavy (non-hydrogen) atoms. The van der Waals surface area contributed by atoms with Crippen LogP contribution in [0.15, 0.2) is 0 Å². The lowest BCUT2D eigenvalue weighted by atomic mass is 10.00. The van der Waals surface area contributed by atoms with Gasteiger partial charge in [-0.25, -0.2) is 0 Å². The Hall–Kier alpha value is -0.0800. The Morgan fingerprint density at radius 1 is 1.25 bits per heavy atom. The zero-order chi connectivity index (χ0) is 8.39. The number of hydrogen-bond donors (Lipinski definition) is 1. The summed E-state index contributed by atoms with van der Waals surface area (Å²) < 4.78 is 0. The summed E-state index contributed by atoms with van der Waals surface area (Å²) in [6.45, 7) is 6.14. The van der Waals surface area contributed by atoms with Crippen molar-refractivity contribution in [1.82, 2.24) is 10.2 Å². The van der Waals surface area contributed by atoms with Gasteiger partial charge in [-0.1, -0.05) is 6.42 Å². The lowest BCUT2D eigenvalue weighted by Crippen LogP contribution is -2.42. The Morgan fingerprint density at radius 2 is 2.17 bits per heavy atom. The number of piperidine rings is 1. The van der Waals surface area contributed by atoms with E-state index in [1.165, 1.54) is 45.3 Å². The van der Waals surface area contributed by atoms with Crippen LogP contribution in [-0.4, -0.2) is 36.6 Å². The maximum Gasteiger partial charge on any atom is 0.0166 e. The van der Waals surface area contributed by atoms with Gasteiger partial charge in [0.15, 0.2) is 0 Å². The number of nitrogens with zero attached hydrogens (tertiary/aromatic N) is 1. The van der Waals surface area contributed by atoms with Crippen LogP contribution in [0.4, 0.5) is 0 Å². The first-order valence-electron chi connectivity index (χ1n) is 5.33. The van der Waals surface area contributed by atoms with Crippen LogP contribution in [0.5, 0.6) is 0 Å². The van der Waals surface area contributed by atoms with Crippen molar-refractivity contribution < 1.29 is 0 Å². The van der Waals surface area contributed by atoms with Crippen molar-refractivity contribution in [3.63, 3.8) is 0 Å². The summed E-state index contributed by atoms with van der Waals surface area (Å²) >= 11 is 0. The molecule has 2 rings (SSSR count). The van der Waals surface area contributed by atoms with E-state index in [0.717, 1.165) is 6.04 Å². The molecule has 2 aliphatic rings. The third-order valence-electron chi connectivity index (χ3n) is 3.23. The topological polar surface area (TPSA) is 15.3 Å². The SMILES string of the molecule is CC1CN2CCCCC2CCN1. The van der Waals surface area contributed by atoms with Gasteiger partial charge in [0.25, 0.3) is 0 Å². The number of rotatable bonds is 0. The van der Waals surface area contributed by atoms with Gasteiger partial charge in [0.2, 0.25) is 0 Å². The van der Waals surface area contributed by atoms with E-state index < -0.39 is 0 Å². The van der Waals surface area contributed by atoms with E-state index in [4.69, 9.17) is 0 Å². The maximum atomic E-state index is 3.56. The summed E-state index contributed by atoms with van der Waals surface area (Å²) in [5, 5.41) is 3.56. The molecule has 2 heterocycles. The zero-order valence-electron chi connectivity index (χ0n) is 8.05. The third kappa shape index (κ3) is 1.80. The van der Waals surface area contributed by atoms with Crippen molar-refractivity contribution in [2.24, 2.45) is 0 Å². The Labute approximate surface area is 75.3 Å². The van der Waals surface area contributed by atoms with Crippen LogP contribution in [0.1, 0.15) is 32.6 Å². The smallest absolute Gasteiger partial charge is 0.0166 e. The molecule has 0 amide bonds. The van der Waals surface area contributed by atoms with Crippen molar-refractivity contribution >= 4 is 0 Å². The first-order valence-corrected chi connectivity index (χ1v) is 5.33. The average molecular weight is 168 g/mol. The molecular weight excluding hydrogens is 148 g/mol. The predicted molar refractivity (Wildman–Crippen MR) is 51.3 cm³/mol. The molecule has 2 fully saturated rings. The van der Waals surface area contributed by atoms with Crippen molar-refractivity contribution in [3.05, 3.63) is 0 Å². The van der Waals surface area contributed by atoms with E-state index in [1.54, 1.807) is 0 Å². The second-order valence-corrected chi connectivity index (χ2v) is 4.29. The zero-order valence-corrected chi connectivity index (χ0v) is 8.05. The average Bonchev–Trinajstić information content (AvgIpc) is 2.25. The molecule has 70 valence electrons. The van der Waals surface area contributed by atoms with Crippen LogP contribution in [0.25, 0.3) is 0 Å². The van der Waals surface area contributed by atoms with Gasteiger partial charge in [-0.3, -0.25) is 4.90 Å². The minimum absolute atomic E-state index is 0.702. The predicted octanol–water partition coefficient (Wildman–Crippen LogP) is 1.22. The summed E-state index contributed by atoms with van der Waals surface area (Å²) in [5.41, 5.74) is 0. The Balaban J connectivity index is 1.96. The Kier molecular flexibility index (Phi) is 2.66. The van der Waals surface area contributed by atoms with Crippen molar-refractivity contribution in [2.75, 3.05) is 19.6 Å². The van der Waals surface area contributed by atoms with Crippen LogP contribution in [0.3, 0.4) is 0 Å². The van der Waals surface area contributed by atoms with Crippen LogP contribution >= 0.6 is 0 Å². The van der Waals surface area contributed by atoms with Gasteiger partial charge in [0.1, 0.15) is 0 Å². The molecule has 2 aliphatic heterocycles. The molecule has 0 saturated carbocycles. The van der Waals surface area contributed by atoms with Gasteiger partial charge < -0.3 is 5.32 Å². The summed E-state index contributed by atoms with van der Waals surface area (Å²) in [5.74, 6) is 0. The fourth-order valence-corrected chi connectivity index (χ4v) is 2.54. The molecule has 0 aromatic carbocycles. The highest BCUT2D eigenvalue weighted by molar-refractivity contribution is 4.83. The Bertz CT molecular complexity index is 147. The number of nitrogens with one attached hydrogen (secondary N) is 1. The van der Waals surface area contributed by atoms with Crippen LogP contribution in [0, 0.1) is 0 Å². The van der Waals surface area contributed by atoms with Gasteiger partial charge in [0.05, 0.1) is 0 Å². The molecule has 0 aliphatic carbocycles. The van der Waals surface area contributed by atoms with E-state index in [9.17, 15) is 0 Å². The molecule has 1 N–H and O–H groups in total. The van der Waals surface area contributed by atoms with Crippen LogP contribution in [0.2, 0.25) is 0 Å². The molecule has 2 atom stereocenters. The molecular formula is C10H20N2. The monoisotopic (exact) mass is 168 g/mol. The summed E-state index contributed by atoms with van der Waals surface area (Å²) in [6, 6.07) is 1.60. The highest BCUT2D eigenvalue weighted by Gasteiger charge is 2.25. The van der Waals surface area contributed by atoms with Gasteiger partial charge in [-0.15, -0.1) is 0 Å². The standard InChI is InChI=1S/C10H20N2/c1-9-8-12-7-3-2-4-10(12)5-6-11-9/h9-11H,2-8H2,1H3. The van der Waals surface area contributed by atoms with E-state index in [1.807, 2.05) is 0 Å². The molecule has 2 unspecified atom stereocenters. The molecule has 0 bridgehead atoms. The minimum Gasteiger partial charge on any atom is -0.313 e. The second kappa shape index (κ2) is 3.75. The normalized spacial score (nSPS) is 38.8. The lowest BCUT2D eigenvalue weighted by Gasteiger charge is -2.34. The van der Waals surface area contributed by atoms with E-state index in [0.29, 0.717) is 6.04 Å². The first-order chi connectivity index (χ1) is 5.86. The van der Waals surface area contributed by atoms with Crippen molar-refractivity contribution in [1.29, 1.82) is 0 Å². The third-order valence-corrected chi connectivity index (χ3v) is 3.23. The highest BCUT2D eigenvalue weighted by atomic mass is 15.2. The van der Waals surface area contributed by atoms with Gasteiger partial charge in [-0.2, -0.15) is 0 Å². The number of hydrogen-bond acceptors (Lipinski definition) is 2. The molecule has 2 saturated heterocycles. The fraction of sp³-hybridized carbons (Fsp3) is 1.00. The van der Waals surface area contributed by atoms with Crippen molar-refractivity contribution in [2.45, 2.75) is 44.7 Å². The molecule has 0 spiro atoms. The highest BCUT2D eigenvalue weighted by Crippen LogP contribution is 2.20. The van der Waals surface area contributed by atoms with Gasteiger partial charge in [-0.05, 0) is 39.3 Å². The van der Waals surface area contributed by atoms with E-state index in [-0.39, 0.29) is 0 Å². The van der Waals surface area contributed by atoms with Crippen LogP contribution in [-0.2, 0) is 0 Å². The largest absolute Gasteiger partial charge is 0.313 e. The van der Waals surface area contributed by atoms with Gasteiger partial charge >= 0.3 is 0 Å². The quantitative estimate of drug-likeness (QED) is 0.585. The maximum absolute atomic E-state index is 3.56. The van der Waals surface area contributed by atoms with Crippen molar-refractivity contribution in [3.8, 4) is 0 Å². The Morgan fingerprint density at radius 3 is 3.08 bits per heavy atom. The van der Waals surface area contributed by atoms with Crippen LogP contribution < -0.4 is 5.32 Å². The second-order valence-electron chi connectivity index (χ2n) is 4.29. The molecule has 0 radical (unpaired) electrons. The lowest BCUT2D eigenvalue weighted by molar-refractivity contribution is 0.148. The summed E-state index contributed by atoms with van der Waals surface area (Å²) in [7, 11) is 0. The first kappa shape index (κ1) is 8.52. The summed E-state index contributed by atoms with van der Waals surface area (Å²) in [4.78, 5) is 2.69. The molecule has 0 aromatic heterocycles. The molecule has 0 aromatic rings. The van der Waals surface area contributed by atoms with E-state index >= 15 is 0 Å². The van der Waals surface area contributed by atoms with Gasteiger partial charge in [0, 0.05) is 18.6 Å². The van der Waals surface area contributed by atoms with E-state index in [2.05, 4.69) is 17.1 Å². The summed E-state index contributed by atoms with van der Waals surface area (Å²) in [6.07, 6.45) is 5.68. The fourth-order valence-electron chi connectivity index (χ4n) is 2.54. The number of fused-ring (bicyclic) bond motifs is 1. The minimum atomic E-state index is 0.702.